The van der Waals surface area contributed by atoms with E-state index in [1.165, 1.54) is 27.3 Å². The minimum absolute atomic E-state index is 0.0211. The van der Waals surface area contributed by atoms with Gasteiger partial charge in [0.2, 0.25) is 23.6 Å². The van der Waals surface area contributed by atoms with Crippen LogP contribution in [-0.2, 0) is 56.3 Å². The number of hydrogen-bond acceptors (Lipinski definition) is 14. The van der Waals surface area contributed by atoms with Crippen molar-refractivity contribution in [2.45, 2.75) is 85.9 Å². The molecule has 0 aromatic heterocycles. The molecule has 2 rings (SSSR count). The molecule has 0 aliphatic rings. The van der Waals surface area contributed by atoms with Crippen LogP contribution in [0, 0.1) is 0 Å². The first kappa shape index (κ1) is 62.3. The first-order valence-electron chi connectivity index (χ1n) is 21.9. The first-order chi connectivity index (χ1) is 32.0. The van der Waals surface area contributed by atoms with Crippen molar-refractivity contribution in [3.05, 3.63) is 58.7 Å². The van der Waals surface area contributed by atoms with Gasteiger partial charge in [-0.3, -0.25) is 47.9 Å². The first-order valence-corrected chi connectivity index (χ1v) is 21.9. The molecular formula is C46H72N7O14+. The number of nitrogens with one attached hydrogen (secondary N) is 7. The van der Waals surface area contributed by atoms with E-state index < -0.39 is 54.3 Å². The van der Waals surface area contributed by atoms with E-state index in [0.29, 0.717) is 46.7 Å². The molecule has 2 aromatic rings. The number of benzene rings is 2. The zero-order valence-corrected chi connectivity index (χ0v) is 40.6. The topological polar surface area (TPSA) is 295 Å². The Morgan fingerprint density at radius 2 is 0.925 bits per heavy atom. The van der Waals surface area contributed by atoms with Crippen LogP contribution in [0.25, 0.3) is 0 Å². The molecule has 0 unspecified atom stereocenters. The number of carbonyl (C=O) groups is 10. The lowest BCUT2D eigenvalue weighted by atomic mass is 10.1. The SMILES string of the molecule is CC.CC.CNC(=O)c1ccc(CO)c(OC)c1.CNC(=O)c1ccc(COC(=O)CCC(=O)CNC(=O)CNC(=O)CNC(=O)CCC(=O)CNC(=O)CCC(=O)CC[NH+](C)C)c(OC)c1. The van der Waals surface area contributed by atoms with Crippen molar-refractivity contribution < 1.29 is 72.2 Å². The molecular weight excluding hydrogens is 875 g/mol. The highest BCUT2D eigenvalue weighted by Gasteiger charge is 2.16. The number of ether oxygens (including phenoxy) is 3. The molecule has 0 atom stereocenters. The Morgan fingerprint density at radius 1 is 0.522 bits per heavy atom. The summed E-state index contributed by atoms with van der Waals surface area (Å²) >= 11 is 0. The van der Waals surface area contributed by atoms with Crippen molar-refractivity contribution in [3.63, 3.8) is 0 Å². The number of hydrogen-bond donors (Lipinski definition) is 8. The van der Waals surface area contributed by atoms with E-state index in [9.17, 15) is 47.9 Å². The lowest BCUT2D eigenvalue weighted by Gasteiger charge is -2.11. The second kappa shape index (κ2) is 37.5. The van der Waals surface area contributed by atoms with Gasteiger partial charge in [-0.05, 0) is 24.3 Å². The third-order valence-electron chi connectivity index (χ3n) is 8.74. The van der Waals surface area contributed by atoms with Crippen molar-refractivity contribution in [2.75, 3.05) is 75.1 Å². The number of carbonyl (C=O) groups excluding carboxylic acids is 10. The average molecular weight is 947 g/mol. The van der Waals surface area contributed by atoms with Crippen LogP contribution in [0.1, 0.15) is 104 Å². The standard InChI is InChI=1S/C32H46N6O11.C10H13NO3.2C2H6/c1-33-32(47)21-5-6-22(26(15-21)48-4)20-49-31(46)12-9-25(41)17-35-29(44)19-37-30(45)18-36-28(43)11-8-24(40)16-34-27(42)10-7-23(39)13-14-38(2)3;1-11-10(13)7-3-4-8(6-12)9(5-7)14-2;2*1-2/h5-6,15H,7-14,16-20H2,1-4H3,(H,33,47)(H,34,42)(H,35,44)(H,36,43)(H,37,45);3-5,12H,6H2,1-2H3,(H,11,13);2*1-2H3/p+1. The normalized spacial score (nSPS) is 9.79. The quantitative estimate of drug-likeness (QED) is 0.0536. The second-order valence-corrected chi connectivity index (χ2v) is 14.0. The molecule has 8 N–H and O–H groups in total. The van der Waals surface area contributed by atoms with Gasteiger partial charge in [0.1, 0.15) is 23.9 Å². The van der Waals surface area contributed by atoms with E-state index in [4.69, 9.17) is 19.3 Å². The Morgan fingerprint density at radius 3 is 1.37 bits per heavy atom. The Kier molecular flexibility index (Phi) is 34.9. The minimum Gasteiger partial charge on any atom is -0.496 e. The summed E-state index contributed by atoms with van der Waals surface area (Å²) in [5.74, 6) is -3.51. The zero-order valence-electron chi connectivity index (χ0n) is 40.6. The number of quaternary nitrogens is 1. The molecule has 0 heterocycles. The lowest BCUT2D eigenvalue weighted by Crippen LogP contribution is -3.05. The number of methoxy groups -OCH3 is 2. The van der Waals surface area contributed by atoms with Crippen LogP contribution in [0.2, 0.25) is 0 Å². The molecule has 0 fully saturated rings. The van der Waals surface area contributed by atoms with Crippen LogP contribution >= 0.6 is 0 Å². The Labute approximate surface area is 393 Å². The Balaban J connectivity index is 0. The number of Topliss-reactive ketones (excluding diaryl/α,β-unsaturated/α-hetero) is 3. The van der Waals surface area contributed by atoms with Gasteiger partial charge in [0.15, 0.2) is 11.6 Å². The fourth-order valence-corrected chi connectivity index (χ4v) is 5.03. The van der Waals surface area contributed by atoms with E-state index in [1.807, 2.05) is 41.8 Å². The van der Waals surface area contributed by atoms with E-state index in [2.05, 4.69) is 31.9 Å². The van der Waals surface area contributed by atoms with Crippen LogP contribution in [0.3, 0.4) is 0 Å². The highest BCUT2D eigenvalue weighted by Crippen LogP contribution is 2.22. The summed E-state index contributed by atoms with van der Waals surface area (Å²) in [6, 6.07) is 9.56. The number of esters is 1. The molecule has 67 heavy (non-hydrogen) atoms. The van der Waals surface area contributed by atoms with Gasteiger partial charge in [-0.25, -0.2) is 0 Å². The summed E-state index contributed by atoms with van der Waals surface area (Å²) in [6.45, 7) is 6.86. The second-order valence-electron chi connectivity index (χ2n) is 14.0. The average Bonchev–Trinajstić information content (AvgIpc) is 3.35. The summed E-state index contributed by atoms with van der Waals surface area (Å²) in [7, 11) is 9.81. The summed E-state index contributed by atoms with van der Waals surface area (Å²) < 4.78 is 15.4. The van der Waals surface area contributed by atoms with Crippen LogP contribution < -0.4 is 46.3 Å². The molecule has 0 radical (unpaired) electrons. The molecule has 2 aromatic carbocycles. The number of aliphatic hydroxyl groups is 1. The molecule has 0 saturated carbocycles. The van der Waals surface area contributed by atoms with Gasteiger partial charge >= 0.3 is 5.97 Å². The Bertz CT molecular complexity index is 1920. The van der Waals surface area contributed by atoms with Crippen LogP contribution in [-0.4, -0.2) is 139 Å². The summed E-state index contributed by atoms with van der Waals surface area (Å²) in [5, 5.41) is 23.3. The van der Waals surface area contributed by atoms with Crippen LogP contribution in [0.5, 0.6) is 11.5 Å². The zero-order chi connectivity index (χ0) is 51.3. The monoisotopic (exact) mass is 947 g/mol. The number of aliphatic hydroxyl groups excluding tert-OH is 1. The van der Waals surface area contributed by atoms with Gasteiger partial charge in [0.25, 0.3) is 11.8 Å². The molecule has 0 aliphatic heterocycles. The van der Waals surface area contributed by atoms with Crippen molar-refractivity contribution in [2.24, 2.45) is 0 Å². The van der Waals surface area contributed by atoms with Crippen molar-refractivity contribution in [1.82, 2.24) is 31.9 Å². The van der Waals surface area contributed by atoms with Gasteiger partial charge in [0.05, 0.1) is 80.5 Å². The fourth-order valence-electron chi connectivity index (χ4n) is 5.03. The van der Waals surface area contributed by atoms with E-state index in [0.717, 1.165) is 4.90 Å². The number of rotatable bonds is 27. The van der Waals surface area contributed by atoms with Crippen LogP contribution in [0.4, 0.5) is 0 Å². The van der Waals surface area contributed by atoms with Gasteiger partial charge in [0, 0.05) is 68.5 Å². The van der Waals surface area contributed by atoms with Crippen molar-refractivity contribution in [1.29, 1.82) is 0 Å². The largest absolute Gasteiger partial charge is 0.496 e. The van der Waals surface area contributed by atoms with Gasteiger partial charge in [-0.1, -0.05) is 39.8 Å². The Hall–Kier alpha value is -6.74. The molecule has 374 valence electrons. The molecule has 0 aliphatic carbocycles. The smallest absolute Gasteiger partial charge is 0.306 e. The molecule has 6 amide bonds. The van der Waals surface area contributed by atoms with Gasteiger partial charge < -0.3 is 56.1 Å². The predicted octanol–water partition coefficient (Wildman–Crippen LogP) is -0.255. The van der Waals surface area contributed by atoms with E-state index in [1.54, 1.807) is 37.4 Å². The van der Waals surface area contributed by atoms with Gasteiger partial charge in [-0.15, -0.1) is 0 Å². The molecule has 0 saturated heterocycles. The van der Waals surface area contributed by atoms with E-state index >= 15 is 0 Å². The summed E-state index contributed by atoms with van der Waals surface area (Å²) in [4.78, 5) is 120. The predicted molar refractivity (Wildman–Crippen MR) is 248 cm³/mol. The summed E-state index contributed by atoms with van der Waals surface area (Å²) in [6.07, 6.45) is -0.375. The molecule has 21 nitrogen and oxygen atoms in total. The maximum atomic E-state index is 12.1. The minimum atomic E-state index is -0.683. The highest BCUT2D eigenvalue weighted by molar-refractivity contribution is 5.95. The fraction of sp³-hybridized carbons (Fsp3) is 0.522. The van der Waals surface area contributed by atoms with E-state index in [-0.39, 0.29) is 82.4 Å². The molecule has 0 bridgehead atoms. The van der Waals surface area contributed by atoms with Crippen molar-refractivity contribution in [3.8, 4) is 11.5 Å². The lowest BCUT2D eigenvalue weighted by molar-refractivity contribution is -0.857. The summed E-state index contributed by atoms with van der Waals surface area (Å²) in [5.41, 5.74) is 2.07. The number of ketones is 3. The molecule has 21 heteroatoms. The van der Waals surface area contributed by atoms with Crippen LogP contribution in [0.15, 0.2) is 36.4 Å². The molecule has 0 spiro atoms. The third kappa shape index (κ3) is 28.7. The third-order valence-corrected chi connectivity index (χ3v) is 8.74. The number of amides is 6. The maximum absolute atomic E-state index is 12.1. The van der Waals surface area contributed by atoms with Gasteiger partial charge in [-0.2, -0.15) is 0 Å². The maximum Gasteiger partial charge on any atom is 0.306 e. The van der Waals surface area contributed by atoms with Crippen molar-refractivity contribution >= 4 is 58.8 Å². The highest BCUT2D eigenvalue weighted by atomic mass is 16.5.